The van der Waals surface area contributed by atoms with E-state index >= 15 is 0 Å². The topological polar surface area (TPSA) is 94.7 Å². The van der Waals surface area contributed by atoms with E-state index < -0.39 is 0 Å². The molecule has 0 fully saturated rings. The van der Waals surface area contributed by atoms with Crippen LogP contribution in [0.15, 0.2) is 34.9 Å². The predicted molar refractivity (Wildman–Crippen MR) is 116 cm³/mol. The molecule has 2 aliphatic rings. The first-order chi connectivity index (χ1) is 15.6. The number of aromatic nitrogens is 3. The maximum atomic E-state index is 12.6. The molecule has 5 rings (SSSR count). The van der Waals surface area contributed by atoms with Gasteiger partial charge in [0.05, 0.1) is 17.9 Å². The first-order valence-corrected chi connectivity index (χ1v) is 11.0. The Kier molecular flexibility index (Phi) is 5.57. The van der Waals surface area contributed by atoms with Gasteiger partial charge in [-0.1, -0.05) is 6.07 Å². The lowest BCUT2D eigenvalue weighted by molar-refractivity contribution is 0.0936. The molecule has 32 heavy (non-hydrogen) atoms. The average molecular weight is 438 g/mol. The highest BCUT2D eigenvalue weighted by Crippen LogP contribution is 2.31. The second-order valence-electron chi connectivity index (χ2n) is 8.22. The van der Waals surface area contributed by atoms with Gasteiger partial charge in [0.25, 0.3) is 5.91 Å². The fraction of sp³-hybridized carbons (Fsp3) is 0.435. The molecule has 0 spiro atoms. The third kappa shape index (κ3) is 4.08. The van der Waals surface area contributed by atoms with Gasteiger partial charge < -0.3 is 23.8 Å². The molecule has 1 aromatic carbocycles. The molecule has 9 heteroatoms. The van der Waals surface area contributed by atoms with Crippen LogP contribution in [-0.2, 0) is 19.5 Å². The first-order valence-electron chi connectivity index (χ1n) is 11.0. The monoisotopic (exact) mass is 437 g/mol. The van der Waals surface area contributed by atoms with Crippen molar-refractivity contribution in [3.05, 3.63) is 59.1 Å². The number of fused-ring (bicyclic) bond motifs is 2. The van der Waals surface area contributed by atoms with Gasteiger partial charge in [-0.15, -0.1) is 10.2 Å². The summed E-state index contributed by atoms with van der Waals surface area (Å²) in [5, 5.41) is 11.8. The second-order valence-corrected chi connectivity index (χ2v) is 8.22. The summed E-state index contributed by atoms with van der Waals surface area (Å²) in [5.74, 6) is 3.79. The van der Waals surface area contributed by atoms with Gasteiger partial charge in [-0.25, -0.2) is 0 Å². The normalized spacial score (nSPS) is 16.8. The number of rotatable bonds is 5. The highest BCUT2D eigenvalue weighted by Gasteiger charge is 2.24. The Morgan fingerprint density at radius 2 is 1.97 bits per heavy atom. The van der Waals surface area contributed by atoms with Gasteiger partial charge in [-0.05, 0) is 37.6 Å². The molecule has 9 nitrogen and oxygen atoms in total. The van der Waals surface area contributed by atoms with Crippen molar-refractivity contribution in [1.82, 2.24) is 25.0 Å². The molecule has 1 N–H and O–H groups in total. The zero-order chi connectivity index (χ0) is 22.1. The molecular weight excluding hydrogens is 410 g/mol. The van der Waals surface area contributed by atoms with Crippen molar-refractivity contribution in [1.29, 1.82) is 0 Å². The maximum absolute atomic E-state index is 12.6. The highest BCUT2D eigenvalue weighted by atomic mass is 16.6. The van der Waals surface area contributed by atoms with E-state index in [0.29, 0.717) is 24.5 Å². The number of hydrogen-bond acceptors (Lipinski definition) is 7. The van der Waals surface area contributed by atoms with E-state index in [1.807, 2.05) is 13.0 Å². The summed E-state index contributed by atoms with van der Waals surface area (Å²) in [4.78, 5) is 15.0. The maximum Gasteiger partial charge on any atom is 0.255 e. The van der Waals surface area contributed by atoms with E-state index in [4.69, 9.17) is 13.9 Å². The lowest BCUT2D eigenvalue weighted by Crippen LogP contribution is -2.30. The van der Waals surface area contributed by atoms with Crippen LogP contribution in [0.2, 0.25) is 0 Å². The quantitative estimate of drug-likeness (QED) is 0.655. The molecule has 4 heterocycles. The lowest BCUT2D eigenvalue weighted by Gasteiger charge is -2.22. The van der Waals surface area contributed by atoms with Crippen LogP contribution in [0.1, 0.15) is 46.3 Å². The van der Waals surface area contributed by atoms with Crippen LogP contribution in [0.25, 0.3) is 0 Å². The minimum Gasteiger partial charge on any atom is -0.486 e. The largest absolute Gasteiger partial charge is 0.486 e. The molecule has 0 saturated carbocycles. The van der Waals surface area contributed by atoms with Crippen molar-refractivity contribution in [3.8, 4) is 11.5 Å². The van der Waals surface area contributed by atoms with E-state index in [2.05, 4.69) is 37.1 Å². The number of benzene rings is 1. The number of hydrogen-bond donors (Lipinski definition) is 1. The van der Waals surface area contributed by atoms with E-state index in [0.717, 1.165) is 55.7 Å². The molecule has 1 atom stereocenters. The Morgan fingerprint density at radius 1 is 1.12 bits per heavy atom. The van der Waals surface area contributed by atoms with Crippen molar-refractivity contribution in [2.24, 2.45) is 0 Å². The number of carbonyl (C=O) groups excluding carboxylic acids is 1. The van der Waals surface area contributed by atoms with E-state index in [9.17, 15) is 4.79 Å². The number of nitrogens with one attached hydrogen (secondary N) is 1. The van der Waals surface area contributed by atoms with Crippen molar-refractivity contribution < 1.29 is 18.7 Å². The summed E-state index contributed by atoms with van der Waals surface area (Å²) in [6.45, 7) is 8.26. The second kappa shape index (κ2) is 8.66. The van der Waals surface area contributed by atoms with Crippen molar-refractivity contribution in [3.63, 3.8) is 0 Å². The SMILES string of the molecule is Cc1occc1C(=O)N[C@H](C)c1nnc2n1CCN(Cc1ccc3c(c1)OCCO3)CC2. The van der Waals surface area contributed by atoms with Crippen molar-refractivity contribution >= 4 is 5.91 Å². The van der Waals surface area contributed by atoms with Gasteiger partial charge in [0, 0.05) is 32.6 Å². The van der Waals surface area contributed by atoms with Crippen LogP contribution in [-0.4, -0.2) is 51.9 Å². The number of carbonyl (C=O) groups is 1. The molecule has 0 radical (unpaired) electrons. The Morgan fingerprint density at radius 3 is 2.78 bits per heavy atom. The minimum atomic E-state index is -0.262. The zero-order valence-corrected chi connectivity index (χ0v) is 18.3. The number of aryl methyl sites for hydroxylation is 1. The third-order valence-corrected chi connectivity index (χ3v) is 6.00. The Bertz CT molecular complexity index is 1120. The highest BCUT2D eigenvalue weighted by molar-refractivity contribution is 5.95. The van der Waals surface area contributed by atoms with Crippen molar-refractivity contribution in [2.75, 3.05) is 26.3 Å². The van der Waals surface area contributed by atoms with Gasteiger partial charge in [-0.2, -0.15) is 0 Å². The summed E-state index contributed by atoms with van der Waals surface area (Å²) in [6, 6.07) is 7.57. The van der Waals surface area contributed by atoms with Crippen LogP contribution in [0.5, 0.6) is 11.5 Å². The van der Waals surface area contributed by atoms with E-state index in [1.54, 1.807) is 13.0 Å². The van der Waals surface area contributed by atoms with Crippen LogP contribution in [0.3, 0.4) is 0 Å². The molecule has 3 aromatic rings. The molecule has 0 unspecified atom stereocenters. The summed E-state index contributed by atoms with van der Waals surface area (Å²) in [7, 11) is 0. The third-order valence-electron chi connectivity index (χ3n) is 6.00. The molecule has 0 saturated heterocycles. The molecule has 0 bridgehead atoms. The molecule has 2 aromatic heterocycles. The number of furan rings is 1. The number of ether oxygens (including phenoxy) is 2. The zero-order valence-electron chi connectivity index (χ0n) is 18.3. The minimum absolute atomic E-state index is 0.171. The Labute approximate surface area is 186 Å². The fourth-order valence-corrected chi connectivity index (χ4v) is 4.27. The average Bonchev–Trinajstić information content (AvgIpc) is 3.36. The summed E-state index contributed by atoms with van der Waals surface area (Å²) < 4.78 is 18.7. The fourth-order valence-electron chi connectivity index (χ4n) is 4.27. The van der Waals surface area contributed by atoms with Crippen LogP contribution >= 0.6 is 0 Å². The summed E-state index contributed by atoms with van der Waals surface area (Å²) in [5.41, 5.74) is 1.74. The summed E-state index contributed by atoms with van der Waals surface area (Å²) in [6.07, 6.45) is 2.33. The Hall–Kier alpha value is -3.33. The van der Waals surface area contributed by atoms with Crippen molar-refractivity contribution in [2.45, 2.75) is 39.4 Å². The van der Waals surface area contributed by atoms with Gasteiger partial charge in [0.2, 0.25) is 0 Å². The van der Waals surface area contributed by atoms with Gasteiger partial charge in [-0.3, -0.25) is 9.69 Å². The molecule has 0 aliphatic carbocycles. The van der Waals surface area contributed by atoms with Gasteiger partial charge in [0.1, 0.15) is 24.8 Å². The van der Waals surface area contributed by atoms with Gasteiger partial charge >= 0.3 is 0 Å². The lowest BCUT2D eigenvalue weighted by atomic mass is 10.1. The Balaban J connectivity index is 1.24. The van der Waals surface area contributed by atoms with E-state index in [-0.39, 0.29) is 11.9 Å². The molecule has 2 aliphatic heterocycles. The number of amides is 1. The molecule has 1 amide bonds. The first kappa shape index (κ1) is 20.6. The van der Waals surface area contributed by atoms with Crippen LogP contribution in [0.4, 0.5) is 0 Å². The standard InChI is InChI=1S/C23H27N5O4/c1-15(24-23(29)18-6-10-30-16(18)2)22-26-25-21-5-7-27(8-9-28(21)22)14-17-3-4-19-20(13-17)32-12-11-31-19/h3-4,6,10,13,15H,5,7-9,11-12,14H2,1-2H3,(H,24,29)/t15-/m1/s1. The van der Waals surface area contributed by atoms with E-state index in [1.165, 1.54) is 11.8 Å². The predicted octanol–water partition coefficient (Wildman–Crippen LogP) is 2.50. The van der Waals surface area contributed by atoms with Crippen LogP contribution in [0, 0.1) is 6.92 Å². The smallest absolute Gasteiger partial charge is 0.255 e. The molecule has 168 valence electrons. The van der Waals surface area contributed by atoms with Gasteiger partial charge in [0.15, 0.2) is 17.3 Å². The summed E-state index contributed by atoms with van der Waals surface area (Å²) >= 11 is 0. The van der Waals surface area contributed by atoms with Crippen LogP contribution < -0.4 is 14.8 Å². The molecular formula is C23H27N5O4. The number of nitrogens with zero attached hydrogens (tertiary/aromatic N) is 4.